The lowest BCUT2D eigenvalue weighted by Crippen LogP contribution is -2.25. The molecule has 0 atom stereocenters. The Morgan fingerprint density at radius 1 is 1.31 bits per heavy atom. The Labute approximate surface area is 71.1 Å². The van der Waals surface area contributed by atoms with Crippen molar-refractivity contribution in [3.05, 3.63) is 11.9 Å². The average Bonchev–Trinajstić information content (AvgIpc) is 2.31. The van der Waals surface area contributed by atoms with E-state index in [-0.39, 0.29) is 0 Å². The molecule has 1 aliphatic heterocycles. The first-order valence-electron chi connectivity index (χ1n) is 2.88. The summed E-state index contributed by atoms with van der Waals surface area (Å²) >= 11 is 0. The molecule has 1 aliphatic rings. The van der Waals surface area contributed by atoms with Crippen molar-refractivity contribution in [3.8, 4) is 0 Å². The van der Waals surface area contributed by atoms with E-state index < -0.39 is 31.2 Å². The zero-order valence-corrected chi connectivity index (χ0v) is 5.92. The van der Waals surface area contributed by atoms with Gasteiger partial charge in [0.15, 0.2) is 0 Å². The van der Waals surface area contributed by atoms with Crippen LogP contribution in [0.4, 0.5) is 0 Å². The molecule has 1 heterocycles. The first-order valence-corrected chi connectivity index (χ1v) is 2.88. The molecule has 1 saturated heterocycles. The largest absolute Gasteiger partial charge is 0.761 e. The van der Waals surface area contributed by atoms with Gasteiger partial charge in [-0.1, -0.05) is 0 Å². The molecule has 1 fully saturated rings. The Bertz CT molecular complexity index is 262. The zero-order valence-electron chi connectivity index (χ0n) is 5.92. The van der Waals surface area contributed by atoms with Crippen LogP contribution in [0.5, 0.6) is 0 Å². The van der Waals surface area contributed by atoms with Gasteiger partial charge in [-0.2, -0.15) is 0 Å². The summed E-state index contributed by atoms with van der Waals surface area (Å²) in [4.78, 5) is 20.6. The first-order chi connectivity index (χ1) is 6.00. The Morgan fingerprint density at radius 2 is 1.77 bits per heavy atom. The van der Waals surface area contributed by atoms with E-state index in [1.807, 2.05) is 0 Å². The fourth-order valence-corrected chi connectivity index (χ4v) is 0.483. The quantitative estimate of drug-likeness (QED) is 0.282. The normalized spacial score (nSPS) is 16.3. The molecule has 1 radical (unpaired) electrons. The predicted molar refractivity (Wildman–Crippen MR) is 31.3 cm³/mol. The van der Waals surface area contributed by atoms with Crippen LogP contribution in [0, 0.1) is 0 Å². The van der Waals surface area contributed by atoms with Crippen LogP contribution in [0.15, 0.2) is 11.9 Å². The minimum Gasteiger partial charge on any atom is -0.761 e. The smallest absolute Gasteiger partial charge is 0.366 e. The van der Waals surface area contributed by atoms with Crippen molar-refractivity contribution >= 4 is 19.3 Å². The van der Waals surface area contributed by atoms with Gasteiger partial charge in [0.1, 0.15) is 0 Å². The SMILES string of the molecule is O=C1O[B-](OC([O-])=C(O)O)OC1=O. The standard InChI is InChI=1S/C4H3BO8/c6-1(7)2(8)11-5-12-3(9)4(10)13-5/h6-8H/q-1/p-1. The molecule has 8 nitrogen and oxygen atoms in total. The van der Waals surface area contributed by atoms with Crippen molar-refractivity contribution in [3.63, 3.8) is 0 Å². The molecule has 0 aromatic carbocycles. The highest BCUT2D eigenvalue weighted by Crippen LogP contribution is 2.07. The van der Waals surface area contributed by atoms with Crippen molar-refractivity contribution in [1.82, 2.24) is 0 Å². The monoisotopic (exact) mass is 189 g/mol. The van der Waals surface area contributed by atoms with Gasteiger partial charge in [0.25, 0.3) is 5.95 Å². The van der Waals surface area contributed by atoms with E-state index in [9.17, 15) is 14.7 Å². The van der Waals surface area contributed by atoms with Crippen LogP contribution in [0.25, 0.3) is 0 Å². The first kappa shape index (κ1) is 9.04. The summed E-state index contributed by atoms with van der Waals surface area (Å²) in [6.07, 6.45) is 0. The van der Waals surface area contributed by atoms with Gasteiger partial charge in [-0.05, 0) is 0 Å². The van der Waals surface area contributed by atoms with Crippen LogP contribution in [-0.2, 0) is 23.6 Å². The van der Waals surface area contributed by atoms with Gasteiger partial charge >= 0.3 is 19.3 Å². The van der Waals surface area contributed by atoms with Crippen LogP contribution in [0.1, 0.15) is 0 Å². The molecule has 0 amide bonds. The third-order valence-electron chi connectivity index (χ3n) is 0.959. The molecule has 0 aromatic rings. The topological polar surface area (TPSA) is 125 Å². The lowest BCUT2D eigenvalue weighted by Gasteiger charge is -2.29. The Balaban J connectivity index is 2.54. The summed E-state index contributed by atoms with van der Waals surface area (Å²) in [5.74, 6) is -5.86. The molecular weight excluding hydrogens is 187 g/mol. The molecule has 2 N–H and O–H groups in total. The van der Waals surface area contributed by atoms with Crippen molar-refractivity contribution in [2.24, 2.45) is 0 Å². The predicted octanol–water partition coefficient (Wildman–Crippen LogP) is -2.31. The molecule has 0 unspecified atom stereocenters. The highest BCUT2D eigenvalue weighted by molar-refractivity contribution is 6.55. The average molecular weight is 189 g/mol. The molecule has 0 bridgehead atoms. The molecular formula is C4H2BO8-2. The maximum atomic E-state index is 10.4. The van der Waals surface area contributed by atoms with E-state index in [4.69, 9.17) is 10.2 Å². The van der Waals surface area contributed by atoms with E-state index in [0.29, 0.717) is 0 Å². The summed E-state index contributed by atoms with van der Waals surface area (Å²) in [6, 6.07) is 0. The number of carbonyl (C=O) groups is 2. The summed E-state index contributed by atoms with van der Waals surface area (Å²) < 4.78 is 12.0. The Hall–Kier alpha value is -2.06. The van der Waals surface area contributed by atoms with Gasteiger partial charge in [0, 0.05) is 0 Å². The van der Waals surface area contributed by atoms with Gasteiger partial charge in [-0.15, -0.1) is 0 Å². The van der Waals surface area contributed by atoms with Crippen molar-refractivity contribution in [1.29, 1.82) is 0 Å². The number of hydrogen-bond donors (Lipinski definition) is 2. The molecule has 1 rings (SSSR count). The summed E-state index contributed by atoms with van der Waals surface area (Å²) in [5, 5.41) is 26.6. The van der Waals surface area contributed by atoms with Crippen LogP contribution in [0.3, 0.4) is 0 Å². The van der Waals surface area contributed by atoms with E-state index in [0.717, 1.165) is 0 Å². The molecule has 0 saturated carbocycles. The maximum Gasteiger partial charge on any atom is 0.366 e. The van der Waals surface area contributed by atoms with Crippen molar-refractivity contribution in [2.45, 2.75) is 0 Å². The minimum atomic E-state index is -1.86. The van der Waals surface area contributed by atoms with E-state index >= 15 is 0 Å². The molecule has 0 spiro atoms. The molecule has 13 heavy (non-hydrogen) atoms. The molecule has 71 valence electrons. The fraction of sp³-hybridized carbons (Fsp3) is 0. The summed E-state index contributed by atoms with van der Waals surface area (Å²) in [6.45, 7) is 0. The summed E-state index contributed by atoms with van der Waals surface area (Å²) in [5.41, 5.74) is 0. The van der Waals surface area contributed by atoms with Crippen LogP contribution in [-0.4, -0.2) is 29.5 Å². The lowest BCUT2D eigenvalue weighted by atomic mass is 10.2. The third-order valence-corrected chi connectivity index (χ3v) is 0.959. The number of aliphatic hydroxyl groups excluding tert-OH is 1. The van der Waals surface area contributed by atoms with E-state index in [1.165, 1.54) is 0 Å². The number of hydrogen-bond acceptors (Lipinski definition) is 8. The second-order valence-corrected chi connectivity index (χ2v) is 1.83. The molecule has 9 heteroatoms. The maximum absolute atomic E-state index is 10.4. The van der Waals surface area contributed by atoms with Gasteiger partial charge < -0.3 is 29.3 Å². The van der Waals surface area contributed by atoms with E-state index in [1.54, 1.807) is 0 Å². The Morgan fingerprint density at radius 3 is 2.15 bits per heavy atom. The van der Waals surface area contributed by atoms with Gasteiger partial charge in [-0.25, -0.2) is 9.59 Å². The van der Waals surface area contributed by atoms with Crippen LogP contribution in [0.2, 0.25) is 0 Å². The second-order valence-electron chi connectivity index (χ2n) is 1.83. The Kier molecular flexibility index (Phi) is 2.18. The van der Waals surface area contributed by atoms with Gasteiger partial charge in [0.05, 0.1) is 5.95 Å². The highest BCUT2D eigenvalue weighted by atomic mass is 16.8. The zero-order chi connectivity index (χ0) is 10.0. The second kappa shape index (κ2) is 3.13. The highest BCUT2D eigenvalue weighted by Gasteiger charge is 2.24. The number of aliphatic hydroxyl groups is 2. The van der Waals surface area contributed by atoms with Gasteiger partial charge in [0.2, 0.25) is 0 Å². The minimum absolute atomic E-state index is 1.32. The van der Waals surface area contributed by atoms with Crippen molar-refractivity contribution in [2.75, 3.05) is 0 Å². The lowest BCUT2D eigenvalue weighted by molar-refractivity contribution is -0.355. The van der Waals surface area contributed by atoms with Crippen molar-refractivity contribution < 1.29 is 38.9 Å². The fourth-order valence-electron chi connectivity index (χ4n) is 0.483. The van der Waals surface area contributed by atoms with Crippen LogP contribution < -0.4 is 5.11 Å². The molecule has 0 aliphatic carbocycles. The number of rotatable bonds is 2. The number of carbonyl (C=O) groups excluding carboxylic acids is 2. The molecule has 0 aromatic heterocycles. The summed E-state index contributed by atoms with van der Waals surface area (Å²) in [7, 11) is -1.86. The van der Waals surface area contributed by atoms with E-state index in [2.05, 4.69) is 14.0 Å². The third kappa shape index (κ3) is 1.95. The van der Waals surface area contributed by atoms with Gasteiger partial charge in [-0.3, -0.25) is 0 Å². The van der Waals surface area contributed by atoms with Crippen LogP contribution >= 0.6 is 0 Å².